The van der Waals surface area contributed by atoms with Gasteiger partial charge in [0.1, 0.15) is 5.78 Å². The van der Waals surface area contributed by atoms with Crippen LogP contribution in [0.2, 0.25) is 0 Å². The Morgan fingerprint density at radius 1 is 1.23 bits per heavy atom. The normalized spacial score (nSPS) is 18.8. The van der Waals surface area contributed by atoms with Gasteiger partial charge in [-0.3, -0.25) is 4.79 Å². The van der Waals surface area contributed by atoms with Crippen LogP contribution in [0.5, 0.6) is 0 Å². The number of carbonyl (C=O) groups excluding carboxylic acids is 1. The van der Waals surface area contributed by atoms with Crippen molar-refractivity contribution in [2.75, 3.05) is 0 Å². The minimum absolute atomic E-state index is 0.441. The van der Waals surface area contributed by atoms with E-state index < -0.39 is 0 Å². The molecule has 0 N–H and O–H groups in total. The first-order valence-electron chi connectivity index (χ1n) is 5.84. The lowest BCUT2D eigenvalue weighted by atomic mass is 9.85. The van der Waals surface area contributed by atoms with Gasteiger partial charge in [0.15, 0.2) is 0 Å². The van der Waals surface area contributed by atoms with Crippen LogP contribution in [0.4, 0.5) is 0 Å². The van der Waals surface area contributed by atoms with E-state index in [0.717, 1.165) is 25.2 Å². The Labute approximate surface area is 81.9 Å². The molecule has 0 aromatic rings. The topological polar surface area (TPSA) is 17.1 Å². The van der Waals surface area contributed by atoms with Gasteiger partial charge in [0.25, 0.3) is 0 Å². The highest BCUT2D eigenvalue weighted by Crippen LogP contribution is 2.27. The molecule has 1 aliphatic rings. The van der Waals surface area contributed by atoms with E-state index in [-0.39, 0.29) is 0 Å². The summed E-state index contributed by atoms with van der Waals surface area (Å²) in [4.78, 5) is 11.1. The monoisotopic (exact) mass is 182 g/mol. The maximum atomic E-state index is 11.1. The lowest BCUT2D eigenvalue weighted by molar-refractivity contribution is -0.118. The van der Waals surface area contributed by atoms with Crippen LogP contribution in [0, 0.1) is 5.92 Å². The van der Waals surface area contributed by atoms with Gasteiger partial charge in [0, 0.05) is 12.8 Å². The van der Waals surface area contributed by atoms with Gasteiger partial charge >= 0.3 is 0 Å². The van der Waals surface area contributed by atoms with Crippen LogP contribution in [0.15, 0.2) is 0 Å². The molecule has 1 aliphatic carbocycles. The zero-order valence-electron chi connectivity index (χ0n) is 8.85. The fraction of sp³-hybridized carbons (Fsp3) is 0.917. The lowest BCUT2D eigenvalue weighted by Gasteiger charge is -2.20. The third-order valence-corrected chi connectivity index (χ3v) is 3.19. The van der Waals surface area contributed by atoms with Crippen molar-refractivity contribution in [2.45, 2.75) is 64.7 Å². The second-order valence-corrected chi connectivity index (χ2v) is 4.29. The molecule has 0 atom stereocenters. The molecular weight excluding hydrogens is 160 g/mol. The lowest BCUT2D eigenvalue weighted by Crippen LogP contribution is -2.06. The first kappa shape index (κ1) is 10.7. The quantitative estimate of drug-likeness (QED) is 0.633. The molecule has 0 aromatic heterocycles. The number of hydrogen-bond donors (Lipinski definition) is 0. The first-order chi connectivity index (χ1) is 6.33. The molecule has 0 aromatic carbocycles. The Hall–Kier alpha value is -0.330. The summed E-state index contributed by atoms with van der Waals surface area (Å²) in [5.41, 5.74) is 0. The van der Waals surface area contributed by atoms with Crippen molar-refractivity contribution >= 4 is 5.78 Å². The van der Waals surface area contributed by atoms with E-state index in [4.69, 9.17) is 0 Å². The molecule has 1 rings (SSSR count). The predicted octanol–water partition coefficient (Wildman–Crippen LogP) is 3.72. The zero-order chi connectivity index (χ0) is 9.52. The van der Waals surface area contributed by atoms with E-state index in [9.17, 15) is 4.79 Å². The number of carbonyl (C=O) groups is 1. The molecule has 0 saturated heterocycles. The Morgan fingerprint density at radius 2 is 1.92 bits per heavy atom. The standard InChI is InChI=1S/C12H22O/c1-2-12(13)10-6-9-11-7-4-3-5-8-11/h11H,2-10H2,1H3. The average molecular weight is 182 g/mol. The summed E-state index contributed by atoms with van der Waals surface area (Å²) < 4.78 is 0. The van der Waals surface area contributed by atoms with Crippen molar-refractivity contribution in [3.63, 3.8) is 0 Å². The molecular formula is C12H22O. The van der Waals surface area contributed by atoms with Crippen LogP contribution in [-0.2, 0) is 4.79 Å². The third kappa shape index (κ3) is 4.44. The van der Waals surface area contributed by atoms with Gasteiger partial charge < -0.3 is 0 Å². The molecule has 0 aliphatic heterocycles. The van der Waals surface area contributed by atoms with Gasteiger partial charge in [-0.05, 0) is 12.3 Å². The average Bonchev–Trinajstić information content (AvgIpc) is 2.19. The van der Waals surface area contributed by atoms with Crippen molar-refractivity contribution in [3.8, 4) is 0 Å². The van der Waals surface area contributed by atoms with Crippen molar-refractivity contribution in [1.29, 1.82) is 0 Å². The van der Waals surface area contributed by atoms with Crippen molar-refractivity contribution in [1.82, 2.24) is 0 Å². The maximum absolute atomic E-state index is 11.1. The van der Waals surface area contributed by atoms with Crippen LogP contribution in [0.3, 0.4) is 0 Å². The summed E-state index contributed by atoms with van der Waals surface area (Å²) in [5, 5.41) is 0. The molecule has 1 heteroatoms. The molecule has 1 fully saturated rings. The molecule has 1 nitrogen and oxygen atoms in total. The molecule has 76 valence electrons. The Morgan fingerprint density at radius 3 is 2.54 bits per heavy atom. The largest absolute Gasteiger partial charge is 0.300 e. The van der Waals surface area contributed by atoms with E-state index in [1.165, 1.54) is 38.5 Å². The summed E-state index contributed by atoms with van der Waals surface area (Å²) in [6.07, 6.45) is 11.1. The third-order valence-electron chi connectivity index (χ3n) is 3.19. The second-order valence-electron chi connectivity index (χ2n) is 4.29. The van der Waals surface area contributed by atoms with Gasteiger partial charge in [-0.2, -0.15) is 0 Å². The van der Waals surface area contributed by atoms with Gasteiger partial charge in [-0.15, -0.1) is 0 Å². The highest BCUT2D eigenvalue weighted by Gasteiger charge is 2.12. The molecule has 0 radical (unpaired) electrons. The zero-order valence-corrected chi connectivity index (χ0v) is 8.85. The van der Waals surface area contributed by atoms with Gasteiger partial charge in [-0.1, -0.05) is 45.4 Å². The van der Waals surface area contributed by atoms with E-state index in [1.54, 1.807) is 0 Å². The van der Waals surface area contributed by atoms with Gasteiger partial charge in [-0.25, -0.2) is 0 Å². The summed E-state index contributed by atoms with van der Waals surface area (Å²) >= 11 is 0. The second kappa shape index (κ2) is 6.17. The molecule has 0 bridgehead atoms. The van der Waals surface area contributed by atoms with Gasteiger partial charge in [0.05, 0.1) is 0 Å². The highest BCUT2D eigenvalue weighted by molar-refractivity contribution is 5.77. The Balaban J connectivity index is 2.01. The molecule has 1 saturated carbocycles. The molecule has 0 heterocycles. The fourth-order valence-corrected chi connectivity index (χ4v) is 2.24. The summed E-state index contributed by atoms with van der Waals surface area (Å²) in [6, 6.07) is 0. The van der Waals surface area contributed by atoms with Crippen LogP contribution < -0.4 is 0 Å². The summed E-state index contributed by atoms with van der Waals surface area (Å²) in [6.45, 7) is 1.96. The molecule has 0 unspecified atom stereocenters. The fourth-order valence-electron chi connectivity index (χ4n) is 2.24. The van der Waals surface area contributed by atoms with Crippen LogP contribution in [0.25, 0.3) is 0 Å². The number of ketones is 1. The SMILES string of the molecule is CCC(=O)CCCC1CCCCC1. The number of Topliss-reactive ketones (excluding diaryl/α,β-unsaturated/α-hetero) is 1. The highest BCUT2D eigenvalue weighted by atomic mass is 16.1. The van der Waals surface area contributed by atoms with Crippen molar-refractivity contribution < 1.29 is 4.79 Å². The minimum atomic E-state index is 0.441. The van der Waals surface area contributed by atoms with E-state index in [2.05, 4.69) is 0 Å². The van der Waals surface area contributed by atoms with Gasteiger partial charge in [0.2, 0.25) is 0 Å². The van der Waals surface area contributed by atoms with Crippen LogP contribution >= 0.6 is 0 Å². The number of hydrogen-bond acceptors (Lipinski definition) is 1. The van der Waals surface area contributed by atoms with E-state index in [1.807, 2.05) is 6.92 Å². The van der Waals surface area contributed by atoms with E-state index in [0.29, 0.717) is 5.78 Å². The smallest absolute Gasteiger partial charge is 0.132 e. The van der Waals surface area contributed by atoms with Crippen molar-refractivity contribution in [2.24, 2.45) is 5.92 Å². The predicted molar refractivity (Wildman–Crippen MR) is 55.7 cm³/mol. The maximum Gasteiger partial charge on any atom is 0.132 e. The summed E-state index contributed by atoms with van der Waals surface area (Å²) in [5.74, 6) is 1.38. The first-order valence-corrected chi connectivity index (χ1v) is 5.84. The van der Waals surface area contributed by atoms with Crippen LogP contribution in [-0.4, -0.2) is 5.78 Å². The minimum Gasteiger partial charge on any atom is -0.300 e. The number of rotatable bonds is 5. The Bertz CT molecular complexity index is 145. The molecule has 0 spiro atoms. The molecule has 13 heavy (non-hydrogen) atoms. The van der Waals surface area contributed by atoms with Crippen LogP contribution in [0.1, 0.15) is 64.7 Å². The van der Waals surface area contributed by atoms with E-state index >= 15 is 0 Å². The van der Waals surface area contributed by atoms with Crippen molar-refractivity contribution in [3.05, 3.63) is 0 Å². The Kier molecular flexibility index (Phi) is 5.10. The summed E-state index contributed by atoms with van der Waals surface area (Å²) in [7, 11) is 0. The molecule has 0 amide bonds.